The van der Waals surface area contributed by atoms with Gasteiger partial charge in [0.25, 0.3) is 0 Å². The fraction of sp³-hybridized carbons (Fsp3) is 1.00. The smallest absolute Gasteiger partial charge is 0.316 e. The summed E-state index contributed by atoms with van der Waals surface area (Å²) in [7, 11) is -2.76. The van der Waals surface area contributed by atoms with Crippen LogP contribution in [0, 0.1) is 5.92 Å². The van der Waals surface area contributed by atoms with Crippen molar-refractivity contribution in [2.24, 2.45) is 5.92 Å². The zero-order valence-electron chi connectivity index (χ0n) is 13.5. The van der Waals surface area contributed by atoms with E-state index in [0.29, 0.717) is 12.5 Å². The molecule has 20 heavy (non-hydrogen) atoms. The molecular weight excluding hydrogens is 271 g/mol. The van der Waals surface area contributed by atoms with Crippen molar-refractivity contribution in [3.63, 3.8) is 0 Å². The predicted molar refractivity (Wildman–Crippen MR) is 87.4 cm³/mol. The third-order valence-corrected chi connectivity index (χ3v) is 4.29. The Bertz CT molecular complexity index is 222. The first-order valence-corrected chi connectivity index (χ1v) is 9.82. The molecule has 2 unspecified atom stereocenters. The highest BCUT2D eigenvalue weighted by molar-refractivity contribution is 7.32. The fourth-order valence-electron chi connectivity index (χ4n) is 2.57. The van der Waals surface area contributed by atoms with E-state index < -0.39 is 8.25 Å². The monoisotopic (exact) mass is 306 g/mol. The molecule has 0 aromatic heterocycles. The largest absolute Gasteiger partial charge is 0.326 e. The molecule has 0 aromatic rings. The van der Waals surface area contributed by atoms with Gasteiger partial charge in [-0.05, 0) is 18.8 Å². The van der Waals surface area contributed by atoms with Gasteiger partial charge in [0.15, 0.2) is 0 Å². The first-order valence-electron chi connectivity index (χ1n) is 8.56. The van der Waals surface area contributed by atoms with E-state index in [-0.39, 0.29) is 0 Å². The Labute approximate surface area is 126 Å². The van der Waals surface area contributed by atoms with E-state index >= 15 is 0 Å². The van der Waals surface area contributed by atoms with Crippen LogP contribution >= 0.6 is 8.25 Å². The molecule has 0 bridgehead atoms. The molecule has 0 aromatic carbocycles. The van der Waals surface area contributed by atoms with Gasteiger partial charge in [0.1, 0.15) is 0 Å². The molecule has 0 radical (unpaired) electrons. The lowest BCUT2D eigenvalue weighted by Crippen LogP contribution is -2.07. The molecule has 0 aliphatic heterocycles. The standard InChI is InChI=1S/C16H35O3P/c1-3-5-7-9-10-12-14-16(15-19-20(17)18)13-11-8-6-4-2/h16,20H,3-15H2,1-2H3,(H,17,18). The van der Waals surface area contributed by atoms with E-state index in [1.165, 1.54) is 64.2 Å². The Hall–Kier alpha value is 0.150. The average molecular weight is 306 g/mol. The third-order valence-electron chi connectivity index (χ3n) is 3.87. The summed E-state index contributed by atoms with van der Waals surface area (Å²) in [5.74, 6) is 0.471. The summed E-state index contributed by atoms with van der Waals surface area (Å²) < 4.78 is 15.6. The summed E-state index contributed by atoms with van der Waals surface area (Å²) in [6.07, 6.45) is 15.2. The molecule has 2 atom stereocenters. The van der Waals surface area contributed by atoms with Crippen LogP contribution in [0.5, 0.6) is 0 Å². The van der Waals surface area contributed by atoms with Gasteiger partial charge in [0.2, 0.25) is 0 Å². The van der Waals surface area contributed by atoms with Crippen molar-refractivity contribution in [3.05, 3.63) is 0 Å². The topological polar surface area (TPSA) is 46.5 Å². The zero-order chi connectivity index (χ0) is 15.1. The van der Waals surface area contributed by atoms with Crippen LogP contribution in [0.25, 0.3) is 0 Å². The zero-order valence-corrected chi connectivity index (χ0v) is 14.5. The quantitative estimate of drug-likeness (QED) is 0.311. The van der Waals surface area contributed by atoms with Gasteiger partial charge in [-0.15, -0.1) is 0 Å². The van der Waals surface area contributed by atoms with Crippen LogP contribution in [-0.2, 0) is 9.09 Å². The molecule has 0 aliphatic rings. The summed E-state index contributed by atoms with van der Waals surface area (Å²) in [5.41, 5.74) is 0. The highest BCUT2D eigenvalue weighted by Crippen LogP contribution is 2.23. The molecule has 0 rings (SSSR count). The lowest BCUT2D eigenvalue weighted by molar-refractivity contribution is 0.211. The Balaban J connectivity index is 3.71. The molecule has 4 heteroatoms. The van der Waals surface area contributed by atoms with Crippen molar-refractivity contribution in [1.82, 2.24) is 0 Å². The van der Waals surface area contributed by atoms with Crippen LogP contribution in [0.3, 0.4) is 0 Å². The van der Waals surface area contributed by atoms with Crippen LogP contribution in [0.2, 0.25) is 0 Å². The SMILES string of the molecule is CCCCCCCCC(CCCCCC)CO[PH](=O)O. The Morgan fingerprint density at radius 3 is 1.80 bits per heavy atom. The molecule has 1 N–H and O–H groups in total. The van der Waals surface area contributed by atoms with Gasteiger partial charge in [-0.25, -0.2) is 0 Å². The molecule has 122 valence electrons. The summed E-state index contributed by atoms with van der Waals surface area (Å²) in [6, 6.07) is 0. The van der Waals surface area contributed by atoms with Gasteiger partial charge in [-0.3, -0.25) is 4.57 Å². The van der Waals surface area contributed by atoms with Gasteiger partial charge >= 0.3 is 8.25 Å². The molecule has 0 amide bonds. The van der Waals surface area contributed by atoms with Crippen LogP contribution in [0.1, 0.15) is 90.9 Å². The molecular formula is C16H35O3P. The Kier molecular flexibility index (Phi) is 15.7. The van der Waals surface area contributed by atoms with E-state index in [2.05, 4.69) is 13.8 Å². The lowest BCUT2D eigenvalue weighted by Gasteiger charge is -2.16. The molecule has 0 saturated heterocycles. The average Bonchev–Trinajstić information content (AvgIpc) is 2.43. The Morgan fingerprint density at radius 1 is 0.850 bits per heavy atom. The minimum absolute atomic E-state index is 0.468. The van der Waals surface area contributed by atoms with E-state index in [1.807, 2.05) is 0 Å². The second-order valence-corrected chi connectivity index (χ2v) is 6.67. The molecule has 0 fully saturated rings. The van der Waals surface area contributed by atoms with E-state index in [1.54, 1.807) is 0 Å². The van der Waals surface area contributed by atoms with E-state index in [0.717, 1.165) is 12.8 Å². The van der Waals surface area contributed by atoms with Crippen LogP contribution in [0.15, 0.2) is 0 Å². The van der Waals surface area contributed by atoms with Gasteiger partial charge in [-0.2, -0.15) is 0 Å². The molecule has 3 nitrogen and oxygen atoms in total. The molecule has 0 spiro atoms. The van der Waals surface area contributed by atoms with E-state index in [4.69, 9.17) is 9.42 Å². The van der Waals surface area contributed by atoms with Crippen molar-refractivity contribution in [2.75, 3.05) is 6.61 Å². The lowest BCUT2D eigenvalue weighted by atomic mass is 9.95. The fourth-order valence-corrected chi connectivity index (χ4v) is 2.95. The summed E-state index contributed by atoms with van der Waals surface area (Å²) >= 11 is 0. The highest BCUT2D eigenvalue weighted by atomic mass is 31.1. The van der Waals surface area contributed by atoms with Crippen molar-refractivity contribution in [2.45, 2.75) is 90.9 Å². The second kappa shape index (κ2) is 15.5. The maximum atomic E-state index is 10.7. The summed E-state index contributed by atoms with van der Waals surface area (Å²) in [6.45, 7) is 4.92. The number of rotatable bonds is 15. The first-order chi connectivity index (χ1) is 9.70. The normalized spacial score (nSPS) is 14.3. The number of unbranched alkanes of at least 4 members (excludes halogenated alkanes) is 8. The van der Waals surface area contributed by atoms with Crippen LogP contribution < -0.4 is 0 Å². The van der Waals surface area contributed by atoms with Gasteiger partial charge in [0.05, 0.1) is 6.61 Å². The second-order valence-electron chi connectivity index (χ2n) is 5.85. The Morgan fingerprint density at radius 2 is 1.30 bits per heavy atom. The number of hydrogen-bond donors (Lipinski definition) is 1. The molecule has 0 saturated carbocycles. The maximum absolute atomic E-state index is 10.7. The first kappa shape index (κ1) is 20.1. The van der Waals surface area contributed by atoms with E-state index in [9.17, 15) is 4.57 Å². The third kappa shape index (κ3) is 14.6. The summed E-state index contributed by atoms with van der Waals surface area (Å²) in [4.78, 5) is 8.80. The van der Waals surface area contributed by atoms with Crippen molar-refractivity contribution in [1.29, 1.82) is 0 Å². The van der Waals surface area contributed by atoms with Crippen molar-refractivity contribution >= 4 is 8.25 Å². The van der Waals surface area contributed by atoms with Crippen LogP contribution in [-0.4, -0.2) is 11.5 Å². The van der Waals surface area contributed by atoms with Gasteiger partial charge in [-0.1, -0.05) is 78.1 Å². The van der Waals surface area contributed by atoms with Gasteiger partial charge in [0, 0.05) is 0 Å². The van der Waals surface area contributed by atoms with Crippen molar-refractivity contribution in [3.8, 4) is 0 Å². The maximum Gasteiger partial charge on any atom is 0.316 e. The number of hydrogen-bond acceptors (Lipinski definition) is 2. The molecule has 0 heterocycles. The predicted octanol–water partition coefficient (Wildman–Crippen LogP) is 5.72. The highest BCUT2D eigenvalue weighted by Gasteiger charge is 2.10. The summed E-state index contributed by atoms with van der Waals surface area (Å²) in [5, 5.41) is 0. The molecule has 0 aliphatic carbocycles. The van der Waals surface area contributed by atoms with Gasteiger partial charge < -0.3 is 9.42 Å². The minimum atomic E-state index is -2.76. The van der Waals surface area contributed by atoms with Crippen molar-refractivity contribution < 1.29 is 14.0 Å². The minimum Gasteiger partial charge on any atom is -0.326 e. The van der Waals surface area contributed by atoms with Crippen LogP contribution in [0.4, 0.5) is 0 Å².